The van der Waals surface area contributed by atoms with E-state index in [1.54, 1.807) is 6.92 Å². The SMILES string of the molecule is CCC(C(=O)/C=C(\O)C(C)(C)C(F)(F)F)C(C)F. The van der Waals surface area contributed by atoms with Crippen LogP contribution in [-0.2, 0) is 4.79 Å². The van der Waals surface area contributed by atoms with Gasteiger partial charge in [0.1, 0.15) is 17.3 Å². The largest absolute Gasteiger partial charge is 0.511 e. The van der Waals surface area contributed by atoms with Crippen molar-refractivity contribution >= 4 is 5.78 Å². The summed E-state index contributed by atoms with van der Waals surface area (Å²) in [7, 11) is 0. The number of rotatable bonds is 5. The van der Waals surface area contributed by atoms with Crippen molar-refractivity contribution in [3.05, 3.63) is 11.8 Å². The molecule has 0 saturated heterocycles. The van der Waals surface area contributed by atoms with E-state index < -0.39 is 35.2 Å². The van der Waals surface area contributed by atoms with Crippen LogP contribution in [0, 0.1) is 11.3 Å². The molecule has 6 heteroatoms. The first kappa shape index (κ1) is 16.9. The maximum atomic E-state index is 13.0. The number of halogens is 4. The Labute approximate surface area is 104 Å². The highest BCUT2D eigenvalue weighted by Crippen LogP contribution is 2.42. The maximum absolute atomic E-state index is 13.0. The number of hydrogen-bond donors (Lipinski definition) is 1. The minimum Gasteiger partial charge on any atom is -0.511 e. The van der Waals surface area contributed by atoms with Gasteiger partial charge in [-0.1, -0.05) is 6.92 Å². The Morgan fingerprint density at radius 1 is 1.33 bits per heavy atom. The van der Waals surface area contributed by atoms with Gasteiger partial charge in [0.2, 0.25) is 0 Å². The highest BCUT2D eigenvalue weighted by Gasteiger charge is 2.50. The highest BCUT2D eigenvalue weighted by molar-refractivity contribution is 5.92. The average Bonchev–Trinajstić information content (AvgIpc) is 2.15. The maximum Gasteiger partial charge on any atom is 0.400 e. The Morgan fingerprint density at radius 2 is 1.78 bits per heavy atom. The van der Waals surface area contributed by atoms with E-state index >= 15 is 0 Å². The van der Waals surface area contributed by atoms with Gasteiger partial charge in [-0.3, -0.25) is 4.79 Å². The molecule has 0 fully saturated rings. The second-order valence-electron chi connectivity index (χ2n) is 4.75. The predicted molar refractivity (Wildman–Crippen MR) is 59.9 cm³/mol. The van der Waals surface area contributed by atoms with Crippen molar-refractivity contribution in [2.24, 2.45) is 11.3 Å². The summed E-state index contributed by atoms with van der Waals surface area (Å²) < 4.78 is 50.8. The van der Waals surface area contributed by atoms with Gasteiger partial charge in [0, 0.05) is 6.08 Å². The zero-order valence-electron chi connectivity index (χ0n) is 10.8. The molecule has 0 heterocycles. The molecule has 0 radical (unpaired) electrons. The van der Waals surface area contributed by atoms with Crippen LogP contribution >= 0.6 is 0 Å². The van der Waals surface area contributed by atoms with Crippen LogP contribution in [-0.4, -0.2) is 23.2 Å². The summed E-state index contributed by atoms with van der Waals surface area (Å²) in [5, 5.41) is 9.41. The molecule has 0 aromatic heterocycles. The zero-order chi connectivity index (χ0) is 14.7. The van der Waals surface area contributed by atoms with Crippen molar-refractivity contribution < 1.29 is 27.5 Å². The lowest BCUT2D eigenvalue weighted by Gasteiger charge is -2.27. The van der Waals surface area contributed by atoms with Gasteiger partial charge >= 0.3 is 6.18 Å². The highest BCUT2D eigenvalue weighted by atomic mass is 19.4. The van der Waals surface area contributed by atoms with Crippen LogP contribution in [0.2, 0.25) is 0 Å². The van der Waals surface area contributed by atoms with E-state index in [9.17, 15) is 27.5 Å². The predicted octanol–water partition coefficient (Wildman–Crippen LogP) is 3.97. The molecule has 0 spiro atoms. The van der Waals surface area contributed by atoms with Crippen LogP contribution in [0.3, 0.4) is 0 Å². The van der Waals surface area contributed by atoms with Gasteiger partial charge in [0.25, 0.3) is 0 Å². The lowest BCUT2D eigenvalue weighted by molar-refractivity contribution is -0.206. The molecule has 2 unspecified atom stereocenters. The van der Waals surface area contributed by atoms with E-state index in [0.29, 0.717) is 6.08 Å². The lowest BCUT2D eigenvalue weighted by Crippen LogP contribution is -2.35. The Morgan fingerprint density at radius 3 is 2.06 bits per heavy atom. The Balaban J connectivity index is 5.16. The summed E-state index contributed by atoms with van der Waals surface area (Å²) in [6.45, 7) is 4.22. The average molecular weight is 270 g/mol. The standard InChI is InChI=1S/C12H18F4O2/c1-5-8(7(2)13)9(17)6-10(18)11(3,4)12(14,15)16/h6-8,18H,5H2,1-4H3/b10-6-. The zero-order valence-corrected chi connectivity index (χ0v) is 10.8. The summed E-state index contributed by atoms with van der Waals surface area (Å²) >= 11 is 0. The second kappa shape index (κ2) is 5.71. The number of aliphatic hydroxyl groups excluding tert-OH is 1. The van der Waals surface area contributed by atoms with Crippen LogP contribution in [0.4, 0.5) is 17.6 Å². The molecule has 106 valence electrons. The van der Waals surface area contributed by atoms with Gasteiger partial charge in [-0.25, -0.2) is 4.39 Å². The summed E-state index contributed by atoms with van der Waals surface area (Å²) in [5.74, 6) is -2.96. The molecule has 0 aromatic carbocycles. The summed E-state index contributed by atoms with van der Waals surface area (Å²) in [4.78, 5) is 11.6. The van der Waals surface area contributed by atoms with Gasteiger partial charge in [0.15, 0.2) is 5.78 Å². The number of ketones is 1. The Bertz CT molecular complexity index is 329. The molecule has 2 atom stereocenters. The number of carbonyl (C=O) groups excluding carboxylic acids is 1. The second-order valence-corrected chi connectivity index (χ2v) is 4.75. The summed E-state index contributed by atoms with van der Waals surface area (Å²) in [5.41, 5.74) is -2.53. The fourth-order valence-electron chi connectivity index (χ4n) is 1.32. The van der Waals surface area contributed by atoms with E-state index in [1.807, 2.05) is 0 Å². The molecule has 0 saturated carbocycles. The van der Waals surface area contributed by atoms with Crippen LogP contribution in [0.1, 0.15) is 34.1 Å². The molecular formula is C12H18F4O2. The fraction of sp³-hybridized carbons (Fsp3) is 0.750. The van der Waals surface area contributed by atoms with Gasteiger partial charge in [-0.05, 0) is 27.2 Å². The van der Waals surface area contributed by atoms with Crippen LogP contribution in [0.25, 0.3) is 0 Å². The number of hydrogen-bond acceptors (Lipinski definition) is 2. The summed E-state index contributed by atoms with van der Waals surface area (Å²) in [6.07, 6.45) is -5.51. The van der Waals surface area contributed by atoms with Crippen LogP contribution < -0.4 is 0 Å². The van der Waals surface area contributed by atoms with Crippen molar-refractivity contribution in [2.45, 2.75) is 46.5 Å². The molecule has 1 N–H and O–H groups in total. The number of carbonyl (C=O) groups is 1. The smallest absolute Gasteiger partial charge is 0.400 e. The summed E-state index contributed by atoms with van der Waals surface area (Å²) in [6, 6.07) is 0. The van der Waals surface area contributed by atoms with E-state index in [2.05, 4.69) is 0 Å². The normalized spacial score (nSPS) is 17.4. The Hall–Kier alpha value is -1.07. The molecule has 0 amide bonds. The van der Waals surface area contributed by atoms with E-state index in [-0.39, 0.29) is 6.42 Å². The van der Waals surface area contributed by atoms with Gasteiger partial charge in [0.05, 0.1) is 5.92 Å². The number of aliphatic hydroxyl groups is 1. The van der Waals surface area contributed by atoms with Gasteiger partial charge in [-0.2, -0.15) is 13.2 Å². The molecule has 0 aliphatic carbocycles. The fourth-order valence-corrected chi connectivity index (χ4v) is 1.32. The van der Waals surface area contributed by atoms with Crippen molar-refractivity contribution in [3.8, 4) is 0 Å². The van der Waals surface area contributed by atoms with Crippen molar-refractivity contribution in [3.63, 3.8) is 0 Å². The minimum atomic E-state index is -4.68. The van der Waals surface area contributed by atoms with Crippen LogP contribution in [0.5, 0.6) is 0 Å². The van der Waals surface area contributed by atoms with Crippen molar-refractivity contribution in [1.29, 1.82) is 0 Å². The van der Waals surface area contributed by atoms with E-state index in [4.69, 9.17) is 0 Å². The van der Waals surface area contributed by atoms with E-state index in [0.717, 1.165) is 20.8 Å². The molecule has 0 aliphatic heterocycles. The quantitative estimate of drug-likeness (QED) is 0.466. The first-order chi connectivity index (χ1) is 7.95. The third-order valence-electron chi connectivity index (χ3n) is 2.99. The third kappa shape index (κ3) is 3.71. The molecule has 0 rings (SSSR count). The first-order valence-electron chi connectivity index (χ1n) is 5.60. The molecule has 0 aliphatic rings. The molecule has 18 heavy (non-hydrogen) atoms. The van der Waals surface area contributed by atoms with Crippen molar-refractivity contribution in [1.82, 2.24) is 0 Å². The lowest BCUT2D eigenvalue weighted by atomic mass is 9.87. The molecule has 0 aromatic rings. The Kier molecular flexibility index (Phi) is 5.37. The molecule has 0 bridgehead atoms. The van der Waals surface area contributed by atoms with E-state index in [1.165, 1.54) is 0 Å². The first-order valence-corrected chi connectivity index (χ1v) is 5.60. The monoisotopic (exact) mass is 270 g/mol. The topological polar surface area (TPSA) is 37.3 Å². The van der Waals surface area contributed by atoms with Gasteiger partial charge in [-0.15, -0.1) is 0 Å². The van der Waals surface area contributed by atoms with Crippen LogP contribution in [0.15, 0.2) is 11.8 Å². The number of alkyl halides is 4. The molecule has 2 nitrogen and oxygen atoms in total. The third-order valence-corrected chi connectivity index (χ3v) is 2.99. The molecular weight excluding hydrogens is 252 g/mol. The van der Waals surface area contributed by atoms with Crippen molar-refractivity contribution in [2.75, 3.05) is 0 Å². The number of allylic oxidation sites excluding steroid dienone is 2. The van der Waals surface area contributed by atoms with Gasteiger partial charge < -0.3 is 5.11 Å². The minimum absolute atomic E-state index is 0.159.